The molecule has 8 heteroatoms. The van der Waals surface area contributed by atoms with Gasteiger partial charge >= 0.3 is 5.69 Å². The lowest BCUT2D eigenvalue weighted by molar-refractivity contribution is -0.130. The minimum Gasteiger partial charge on any atom is -0.497 e. The van der Waals surface area contributed by atoms with Gasteiger partial charge in [-0.25, -0.2) is 9.78 Å². The molecule has 0 unspecified atom stereocenters. The molecule has 29 heavy (non-hydrogen) atoms. The normalized spacial score (nSPS) is 13.8. The van der Waals surface area contributed by atoms with Crippen molar-refractivity contribution in [1.82, 2.24) is 19.0 Å². The summed E-state index contributed by atoms with van der Waals surface area (Å²) in [4.78, 5) is 44.7. The van der Waals surface area contributed by atoms with Crippen molar-refractivity contribution in [3.05, 3.63) is 69.0 Å². The van der Waals surface area contributed by atoms with E-state index in [0.29, 0.717) is 24.4 Å². The highest BCUT2D eigenvalue weighted by Crippen LogP contribution is 2.13. The van der Waals surface area contributed by atoms with E-state index in [1.165, 1.54) is 10.8 Å². The van der Waals surface area contributed by atoms with Crippen LogP contribution in [0.3, 0.4) is 0 Å². The van der Waals surface area contributed by atoms with E-state index < -0.39 is 11.2 Å². The number of hydrogen-bond acceptors (Lipinski definition) is 5. The third kappa shape index (κ3) is 3.65. The van der Waals surface area contributed by atoms with Crippen molar-refractivity contribution in [2.75, 3.05) is 20.2 Å². The van der Waals surface area contributed by atoms with E-state index in [9.17, 15) is 14.4 Å². The maximum atomic E-state index is 13.2. The molecule has 150 valence electrons. The standard InChI is InChI=1S/C21H22N4O4/c1-29-16-8-6-15(7-9-16)13-25-20(27)19-17(5-4-10-22-19)24(21(25)28)14-18(26)23-11-2-3-12-23/h4-10H,2-3,11-14H2,1H3. The van der Waals surface area contributed by atoms with Gasteiger partial charge in [0.15, 0.2) is 5.52 Å². The van der Waals surface area contributed by atoms with Gasteiger partial charge in [-0.2, -0.15) is 0 Å². The lowest BCUT2D eigenvalue weighted by Gasteiger charge is -2.18. The smallest absolute Gasteiger partial charge is 0.332 e. The van der Waals surface area contributed by atoms with E-state index in [1.807, 2.05) is 0 Å². The number of carbonyl (C=O) groups excluding carboxylic acids is 1. The number of aromatic nitrogens is 3. The molecule has 0 radical (unpaired) electrons. The van der Waals surface area contributed by atoms with Crippen molar-refractivity contribution >= 4 is 16.9 Å². The van der Waals surface area contributed by atoms with Crippen LogP contribution in [0.2, 0.25) is 0 Å². The van der Waals surface area contributed by atoms with Crippen molar-refractivity contribution in [2.45, 2.75) is 25.9 Å². The van der Waals surface area contributed by atoms with Gasteiger partial charge in [-0.05, 0) is 42.7 Å². The highest BCUT2D eigenvalue weighted by Gasteiger charge is 2.21. The summed E-state index contributed by atoms with van der Waals surface area (Å²) in [5.41, 5.74) is 0.346. The van der Waals surface area contributed by atoms with Crippen LogP contribution in [0.1, 0.15) is 18.4 Å². The van der Waals surface area contributed by atoms with E-state index >= 15 is 0 Å². The van der Waals surface area contributed by atoms with E-state index in [2.05, 4.69) is 4.98 Å². The second-order valence-corrected chi connectivity index (χ2v) is 7.07. The maximum Gasteiger partial charge on any atom is 0.332 e. The maximum absolute atomic E-state index is 13.2. The topological polar surface area (TPSA) is 86.4 Å². The molecule has 2 aromatic heterocycles. The van der Waals surface area contributed by atoms with Crippen molar-refractivity contribution in [3.8, 4) is 5.75 Å². The molecule has 0 saturated carbocycles. The van der Waals surface area contributed by atoms with Gasteiger partial charge in [0.1, 0.15) is 12.3 Å². The quantitative estimate of drug-likeness (QED) is 0.650. The van der Waals surface area contributed by atoms with Gasteiger partial charge in [-0.3, -0.25) is 18.7 Å². The van der Waals surface area contributed by atoms with Crippen LogP contribution in [0.4, 0.5) is 0 Å². The largest absolute Gasteiger partial charge is 0.497 e. The molecule has 8 nitrogen and oxygen atoms in total. The second-order valence-electron chi connectivity index (χ2n) is 7.07. The number of nitrogens with zero attached hydrogens (tertiary/aromatic N) is 4. The van der Waals surface area contributed by atoms with Crippen LogP contribution in [0.5, 0.6) is 5.75 Å². The zero-order chi connectivity index (χ0) is 20.4. The first-order chi connectivity index (χ1) is 14.1. The fourth-order valence-corrected chi connectivity index (χ4v) is 3.65. The fraction of sp³-hybridized carbons (Fsp3) is 0.333. The van der Waals surface area contributed by atoms with Crippen molar-refractivity contribution in [1.29, 1.82) is 0 Å². The predicted octanol–water partition coefficient (Wildman–Crippen LogP) is 1.24. The molecule has 0 bridgehead atoms. The van der Waals surface area contributed by atoms with Gasteiger partial charge in [0.25, 0.3) is 5.56 Å². The minimum atomic E-state index is -0.515. The molecule has 0 N–H and O–H groups in total. The van der Waals surface area contributed by atoms with Crippen molar-refractivity contribution in [3.63, 3.8) is 0 Å². The fourth-order valence-electron chi connectivity index (χ4n) is 3.65. The van der Waals surface area contributed by atoms with Gasteiger partial charge in [0.2, 0.25) is 5.91 Å². The first-order valence-electron chi connectivity index (χ1n) is 9.57. The average Bonchev–Trinajstić information content (AvgIpc) is 3.29. The molecular formula is C21H22N4O4. The Bertz CT molecular complexity index is 1160. The van der Waals surface area contributed by atoms with Gasteiger partial charge in [-0.15, -0.1) is 0 Å². The third-order valence-corrected chi connectivity index (χ3v) is 5.24. The summed E-state index contributed by atoms with van der Waals surface area (Å²) in [5.74, 6) is 0.569. The summed E-state index contributed by atoms with van der Waals surface area (Å²) in [6.45, 7) is 1.39. The molecule has 1 fully saturated rings. The van der Waals surface area contributed by atoms with Gasteiger partial charge in [0.05, 0.1) is 19.2 Å². The number of ether oxygens (including phenoxy) is 1. The summed E-state index contributed by atoms with van der Waals surface area (Å²) in [6, 6.07) is 10.5. The summed E-state index contributed by atoms with van der Waals surface area (Å²) >= 11 is 0. The first kappa shape index (κ1) is 18.9. The molecule has 4 rings (SSSR count). The lowest BCUT2D eigenvalue weighted by atomic mass is 10.2. The van der Waals surface area contributed by atoms with Crippen LogP contribution in [0.15, 0.2) is 52.2 Å². The summed E-state index contributed by atoms with van der Waals surface area (Å²) in [7, 11) is 1.57. The molecule has 0 aliphatic carbocycles. The number of fused-ring (bicyclic) bond motifs is 1. The molecular weight excluding hydrogens is 372 g/mol. The van der Waals surface area contributed by atoms with Crippen molar-refractivity contribution in [2.24, 2.45) is 0 Å². The zero-order valence-corrected chi connectivity index (χ0v) is 16.2. The van der Waals surface area contributed by atoms with E-state index in [1.54, 1.807) is 48.4 Å². The third-order valence-electron chi connectivity index (χ3n) is 5.24. The van der Waals surface area contributed by atoms with Gasteiger partial charge in [0, 0.05) is 19.3 Å². The predicted molar refractivity (Wildman–Crippen MR) is 108 cm³/mol. The number of pyridine rings is 1. The molecule has 1 aliphatic heterocycles. The Morgan fingerprint density at radius 1 is 1.07 bits per heavy atom. The van der Waals surface area contributed by atoms with Crippen LogP contribution in [-0.2, 0) is 17.9 Å². The number of methoxy groups -OCH3 is 1. The molecule has 0 spiro atoms. The molecule has 1 aliphatic rings. The molecule has 3 heterocycles. The van der Waals surface area contributed by atoms with Gasteiger partial charge in [-0.1, -0.05) is 12.1 Å². The minimum absolute atomic E-state index is 0.0894. The Balaban J connectivity index is 1.78. The monoisotopic (exact) mass is 394 g/mol. The zero-order valence-electron chi connectivity index (χ0n) is 16.2. The summed E-state index contributed by atoms with van der Waals surface area (Å²) in [6.07, 6.45) is 3.46. The lowest BCUT2D eigenvalue weighted by Crippen LogP contribution is -2.43. The molecule has 0 atom stereocenters. The van der Waals surface area contributed by atoms with Crippen LogP contribution in [0.25, 0.3) is 11.0 Å². The molecule has 1 amide bonds. The van der Waals surface area contributed by atoms with Crippen LogP contribution in [0, 0.1) is 0 Å². The molecule has 1 aromatic carbocycles. The SMILES string of the molecule is COc1ccc(Cn2c(=O)c3ncccc3n(CC(=O)N3CCCC3)c2=O)cc1. The summed E-state index contributed by atoms with van der Waals surface area (Å²) in [5, 5.41) is 0. The van der Waals surface area contributed by atoms with E-state index in [4.69, 9.17) is 4.74 Å². The number of likely N-dealkylation sites (tertiary alicyclic amines) is 1. The van der Waals surface area contributed by atoms with E-state index in [0.717, 1.165) is 23.0 Å². The number of hydrogen-bond donors (Lipinski definition) is 0. The Morgan fingerprint density at radius 2 is 1.79 bits per heavy atom. The number of carbonyl (C=O) groups is 1. The Hall–Kier alpha value is -3.42. The highest BCUT2D eigenvalue weighted by molar-refractivity contribution is 5.79. The summed E-state index contributed by atoms with van der Waals surface area (Å²) < 4.78 is 7.64. The van der Waals surface area contributed by atoms with Crippen LogP contribution < -0.4 is 16.0 Å². The Kier molecular flexibility index (Phi) is 5.16. The average molecular weight is 394 g/mol. The highest BCUT2D eigenvalue weighted by atomic mass is 16.5. The second kappa shape index (κ2) is 7.90. The van der Waals surface area contributed by atoms with Crippen molar-refractivity contribution < 1.29 is 9.53 Å². The van der Waals surface area contributed by atoms with Gasteiger partial charge < -0.3 is 9.64 Å². The van der Waals surface area contributed by atoms with E-state index in [-0.39, 0.29) is 24.5 Å². The number of rotatable bonds is 5. The van der Waals surface area contributed by atoms with Crippen LogP contribution >= 0.6 is 0 Å². The Labute approximate surface area is 167 Å². The van der Waals surface area contributed by atoms with Crippen LogP contribution in [-0.4, -0.2) is 45.1 Å². The molecule has 3 aromatic rings. The molecule has 1 saturated heterocycles. The number of amides is 1. The first-order valence-corrected chi connectivity index (χ1v) is 9.57. The Morgan fingerprint density at radius 3 is 2.48 bits per heavy atom. The number of benzene rings is 1.